The molecule has 1 aliphatic heterocycles. The van der Waals surface area contributed by atoms with Crippen LogP contribution in [0.1, 0.15) is 12.8 Å². The van der Waals surface area contributed by atoms with Crippen molar-refractivity contribution < 1.29 is 26.4 Å². The smallest absolute Gasteiger partial charge is 0.382 e. The number of sulfone groups is 1. The van der Waals surface area contributed by atoms with Gasteiger partial charge in [-0.05, 0) is 18.6 Å². The summed E-state index contributed by atoms with van der Waals surface area (Å²) in [4.78, 5) is 10.2. The van der Waals surface area contributed by atoms with Crippen LogP contribution in [0.3, 0.4) is 0 Å². The van der Waals surface area contributed by atoms with E-state index in [0.717, 1.165) is 6.07 Å². The minimum absolute atomic E-state index is 0.127. The molecule has 0 spiro atoms. The van der Waals surface area contributed by atoms with Gasteiger partial charge in [-0.1, -0.05) is 12.1 Å². The molecular formula is C12H13F3N2O3S. The van der Waals surface area contributed by atoms with Crippen LogP contribution >= 0.6 is 0 Å². The van der Waals surface area contributed by atoms with Crippen LogP contribution in [-0.2, 0) is 14.6 Å². The van der Waals surface area contributed by atoms with E-state index in [1.54, 1.807) is 0 Å². The first-order chi connectivity index (χ1) is 9.72. The van der Waals surface area contributed by atoms with Crippen molar-refractivity contribution in [3.8, 4) is 0 Å². The lowest BCUT2D eigenvalue weighted by Gasteiger charge is -2.16. The van der Waals surface area contributed by atoms with E-state index in [4.69, 9.17) is 0 Å². The van der Waals surface area contributed by atoms with Gasteiger partial charge >= 0.3 is 5.51 Å². The highest BCUT2D eigenvalue weighted by atomic mass is 32.2. The van der Waals surface area contributed by atoms with Crippen LogP contribution in [0.2, 0.25) is 0 Å². The molecule has 1 unspecified atom stereocenters. The zero-order valence-corrected chi connectivity index (χ0v) is 11.6. The first-order valence-corrected chi connectivity index (χ1v) is 7.64. The molecule has 1 aromatic carbocycles. The Morgan fingerprint density at radius 3 is 2.52 bits per heavy atom. The number of benzene rings is 1. The number of alkyl halides is 3. The normalized spacial score (nSPS) is 19.4. The molecule has 21 heavy (non-hydrogen) atoms. The van der Waals surface area contributed by atoms with Crippen molar-refractivity contribution in [3.63, 3.8) is 0 Å². The van der Waals surface area contributed by atoms with Crippen LogP contribution in [0.15, 0.2) is 29.2 Å². The van der Waals surface area contributed by atoms with Gasteiger partial charge in [-0.25, -0.2) is 8.42 Å². The standard InChI is InChI=1S/C12H13F3N2O3S/c13-12(14,15)21(19,20)10-4-2-1-3-9(10)16-7-8-5-6-11(18)17-8/h1-4,8,16H,5-7H2,(H,17,18). The zero-order valence-electron chi connectivity index (χ0n) is 10.8. The highest BCUT2D eigenvalue weighted by Gasteiger charge is 2.47. The fourth-order valence-corrected chi connectivity index (χ4v) is 2.97. The van der Waals surface area contributed by atoms with Crippen LogP contribution in [0.4, 0.5) is 18.9 Å². The summed E-state index contributed by atoms with van der Waals surface area (Å²) in [6.07, 6.45) is 0.912. The zero-order chi connectivity index (χ0) is 15.7. The molecule has 0 bridgehead atoms. The third-order valence-electron chi connectivity index (χ3n) is 3.11. The highest BCUT2D eigenvalue weighted by molar-refractivity contribution is 7.92. The Morgan fingerprint density at radius 1 is 1.29 bits per heavy atom. The molecule has 2 N–H and O–H groups in total. The number of carbonyl (C=O) groups is 1. The molecule has 2 rings (SSSR count). The van der Waals surface area contributed by atoms with E-state index >= 15 is 0 Å². The Labute approximate surface area is 119 Å². The number of carbonyl (C=O) groups excluding carboxylic acids is 1. The maximum atomic E-state index is 12.6. The van der Waals surface area contributed by atoms with Crippen molar-refractivity contribution in [2.45, 2.75) is 29.3 Å². The lowest BCUT2D eigenvalue weighted by atomic mass is 10.2. The minimum atomic E-state index is -5.41. The van der Waals surface area contributed by atoms with Gasteiger partial charge in [0.05, 0.1) is 10.6 Å². The van der Waals surface area contributed by atoms with E-state index in [9.17, 15) is 26.4 Å². The first kappa shape index (κ1) is 15.6. The molecule has 1 aliphatic rings. The Morgan fingerprint density at radius 2 is 1.95 bits per heavy atom. The summed E-state index contributed by atoms with van der Waals surface area (Å²) in [5, 5.41) is 5.30. The van der Waals surface area contributed by atoms with Gasteiger partial charge in [-0.2, -0.15) is 13.2 Å². The molecule has 9 heteroatoms. The predicted octanol–water partition coefficient (Wildman–Crippen LogP) is 1.67. The van der Waals surface area contributed by atoms with Crippen molar-refractivity contribution >= 4 is 21.4 Å². The van der Waals surface area contributed by atoms with Crippen molar-refractivity contribution in [1.82, 2.24) is 5.32 Å². The van der Waals surface area contributed by atoms with Gasteiger partial charge in [0.25, 0.3) is 9.84 Å². The Kier molecular flexibility index (Phi) is 4.13. The fraction of sp³-hybridized carbons (Fsp3) is 0.417. The number of rotatable bonds is 4. The fourth-order valence-electron chi connectivity index (χ4n) is 2.04. The van der Waals surface area contributed by atoms with Crippen molar-refractivity contribution in [3.05, 3.63) is 24.3 Å². The van der Waals surface area contributed by atoms with Gasteiger partial charge in [0.2, 0.25) is 5.91 Å². The molecule has 116 valence electrons. The van der Waals surface area contributed by atoms with E-state index in [0.29, 0.717) is 12.8 Å². The second kappa shape index (κ2) is 5.55. The van der Waals surface area contributed by atoms with Gasteiger partial charge < -0.3 is 10.6 Å². The Balaban J connectivity index is 2.20. The number of amides is 1. The summed E-state index contributed by atoms with van der Waals surface area (Å²) < 4.78 is 60.8. The summed E-state index contributed by atoms with van der Waals surface area (Å²) in [5.41, 5.74) is -5.48. The van der Waals surface area contributed by atoms with Gasteiger partial charge in [0.15, 0.2) is 0 Å². The summed E-state index contributed by atoms with van der Waals surface area (Å²) in [7, 11) is -5.41. The molecule has 1 fully saturated rings. The van der Waals surface area contributed by atoms with E-state index in [1.165, 1.54) is 18.2 Å². The molecule has 0 aliphatic carbocycles. The van der Waals surface area contributed by atoms with Gasteiger partial charge in [0.1, 0.15) is 0 Å². The number of hydrogen-bond donors (Lipinski definition) is 2. The molecule has 1 aromatic rings. The quantitative estimate of drug-likeness (QED) is 0.884. The number of para-hydroxylation sites is 1. The van der Waals surface area contributed by atoms with Crippen LogP contribution in [0.25, 0.3) is 0 Å². The lowest BCUT2D eigenvalue weighted by molar-refractivity contribution is -0.119. The van der Waals surface area contributed by atoms with Crippen molar-refractivity contribution in [1.29, 1.82) is 0 Å². The van der Waals surface area contributed by atoms with Crippen LogP contribution in [0.5, 0.6) is 0 Å². The Bertz CT molecular complexity index is 643. The average Bonchev–Trinajstić information content (AvgIpc) is 2.81. The van der Waals surface area contributed by atoms with E-state index in [1.807, 2.05) is 0 Å². The minimum Gasteiger partial charge on any atom is -0.382 e. The summed E-state index contributed by atoms with van der Waals surface area (Å²) in [6, 6.07) is 4.60. The molecule has 0 saturated carbocycles. The summed E-state index contributed by atoms with van der Waals surface area (Å²) >= 11 is 0. The average molecular weight is 322 g/mol. The van der Waals surface area contributed by atoms with Crippen LogP contribution < -0.4 is 10.6 Å². The lowest BCUT2D eigenvalue weighted by Crippen LogP contribution is -2.32. The third kappa shape index (κ3) is 3.29. The van der Waals surface area contributed by atoms with E-state index < -0.39 is 20.2 Å². The SMILES string of the molecule is O=C1CCC(CNc2ccccc2S(=O)(=O)C(F)(F)F)N1. The van der Waals surface area contributed by atoms with Gasteiger partial charge in [-0.3, -0.25) is 4.79 Å². The van der Waals surface area contributed by atoms with E-state index in [2.05, 4.69) is 10.6 Å². The molecular weight excluding hydrogens is 309 g/mol. The van der Waals surface area contributed by atoms with Crippen LogP contribution in [-0.4, -0.2) is 32.4 Å². The maximum Gasteiger partial charge on any atom is 0.501 e. The number of nitrogens with one attached hydrogen (secondary N) is 2. The number of hydrogen-bond acceptors (Lipinski definition) is 4. The molecule has 0 radical (unpaired) electrons. The second-order valence-electron chi connectivity index (χ2n) is 4.63. The molecule has 1 heterocycles. The maximum absolute atomic E-state index is 12.6. The predicted molar refractivity (Wildman–Crippen MR) is 69.3 cm³/mol. The van der Waals surface area contributed by atoms with Crippen LogP contribution in [0, 0.1) is 0 Å². The summed E-state index contributed by atoms with van der Waals surface area (Å²) in [6.45, 7) is 0.163. The largest absolute Gasteiger partial charge is 0.501 e. The van der Waals surface area contributed by atoms with Crippen molar-refractivity contribution in [2.24, 2.45) is 0 Å². The van der Waals surface area contributed by atoms with E-state index in [-0.39, 0.29) is 24.2 Å². The number of halogens is 3. The molecule has 1 saturated heterocycles. The molecule has 0 aromatic heterocycles. The number of anilines is 1. The Hall–Kier alpha value is -1.77. The molecule has 1 amide bonds. The third-order valence-corrected chi connectivity index (χ3v) is 4.65. The molecule has 5 nitrogen and oxygen atoms in total. The summed E-state index contributed by atoms with van der Waals surface area (Å²) in [5.74, 6) is -0.127. The van der Waals surface area contributed by atoms with Crippen molar-refractivity contribution in [2.75, 3.05) is 11.9 Å². The second-order valence-corrected chi connectivity index (χ2v) is 6.54. The molecule has 1 atom stereocenters. The van der Waals surface area contributed by atoms with Gasteiger partial charge in [-0.15, -0.1) is 0 Å². The first-order valence-electron chi connectivity index (χ1n) is 6.15. The highest BCUT2D eigenvalue weighted by Crippen LogP contribution is 2.34. The van der Waals surface area contributed by atoms with Gasteiger partial charge in [0, 0.05) is 19.0 Å². The monoisotopic (exact) mass is 322 g/mol. The topological polar surface area (TPSA) is 75.3 Å².